The van der Waals surface area contributed by atoms with Gasteiger partial charge in [0.05, 0.1) is 25.9 Å². The number of fused-ring (bicyclic) bond motifs is 2. The van der Waals surface area contributed by atoms with Crippen molar-refractivity contribution in [2.75, 3.05) is 27.3 Å². The molecule has 0 aromatic heterocycles. The molecule has 1 saturated heterocycles. The molecule has 2 aliphatic heterocycles. The molecule has 4 rings (SSSR count). The zero-order chi connectivity index (χ0) is 22.5. The average molecular weight is 437 g/mol. The van der Waals surface area contributed by atoms with E-state index in [1.807, 2.05) is 54.4 Å². The van der Waals surface area contributed by atoms with E-state index in [1.165, 1.54) is 0 Å². The van der Waals surface area contributed by atoms with Crippen LogP contribution in [0, 0.1) is 0 Å². The molecule has 8 nitrogen and oxygen atoms in total. The predicted octanol–water partition coefficient (Wildman–Crippen LogP) is 2.84. The Bertz CT molecular complexity index is 1020. The Hall–Kier alpha value is -3.55. The minimum absolute atomic E-state index is 0.0411. The molecule has 0 unspecified atom stereocenters. The van der Waals surface area contributed by atoms with Crippen LogP contribution < -0.4 is 14.8 Å². The van der Waals surface area contributed by atoms with Crippen LogP contribution in [0.1, 0.15) is 30.4 Å². The van der Waals surface area contributed by atoms with Gasteiger partial charge < -0.3 is 19.3 Å². The molecule has 0 bridgehead atoms. The third-order valence-electron chi connectivity index (χ3n) is 5.62. The summed E-state index contributed by atoms with van der Waals surface area (Å²) in [5.74, 6) is 2.27. The molecule has 8 heteroatoms. The first-order valence-corrected chi connectivity index (χ1v) is 10.8. The highest BCUT2D eigenvalue weighted by atomic mass is 16.5. The van der Waals surface area contributed by atoms with Gasteiger partial charge >= 0.3 is 0 Å². The van der Waals surface area contributed by atoms with Crippen LogP contribution >= 0.6 is 0 Å². The Kier molecular flexibility index (Phi) is 6.58. The molecule has 1 fully saturated rings. The number of carbonyl (C=O) groups is 2. The number of amides is 2. The molecular weight excluding hydrogens is 408 g/mol. The number of nitrogens with one attached hydrogen (secondary N) is 1. The molecule has 2 aromatic carbocycles. The van der Waals surface area contributed by atoms with Gasteiger partial charge in [-0.3, -0.25) is 14.9 Å². The molecule has 0 saturated carbocycles. The first-order chi connectivity index (χ1) is 15.5. The van der Waals surface area contributed by atoms with Gasteiger partial charge in [-0.2, -0.15) is 0 Å². The quantitative estimate of drug-likeness (QED) is 0.611. The highest BCUT2D eigenvalue weighted by molar-refractivity contribution is 6.05. The molecular formula is C24H28N4O4. The largest absolute Gasteiger partial charge is 0.497 e. The summed E-state index contributed by atoms with van der Waals surface area (Å²) in [6, 6.07) is 13.5. The second-order valence-corrected chi connectivity index (χ2v) is 8.00. The van der Waals surface area contributed by atoms with Gasteiger partial charge in [-0.25, -0.2) is 4.99 Å². The van der Waals surface area contributed by atoms with E-state index in [-0.39, 0.29) is 11.8 Å². The van der Waals surface area contributed by atoms with Crippen LogP contribution in [0.3, 0.4) is 0 Å². The lowest BCUT2D eigenvalue weighted by atomic mass is 10.1. The Balaban J connectivity index is 1.21. The molecule has 1 N–H and O–H groups in total. The van der Waals surface area contributed by atoms with Gasteiger partial charge in [-0.15, -0.1) is 0 Å². The van der Waals surface area contributed by atoms with Crippen molar-refractivity contribution in [2.45, 2.75) is 32.4 Å². The first kappa shape index (κ1) is 21.7. The van der Waals surface area contributed by atoms with Gasteiger partial charge in [0.15, 0.2) is 0 Å². The van der Waals surface area contributed by atoms with Crippen molar-refractivity contribution in [3.05, 3.63) is 53.6 Å². The molecule has 0 radical (unpaired) electrons. The molecule has 2 amide bonds. The van der Waals surface area contributed by atoms with E-state index in [4.69, 9.17) is 9.47 Å². The number of hydrogen-bond acceptors (Lipinski definition) is 6. The molecule has 0 aliphatic carbocycles. The van der Waals surface area contributed by atoms with E-state index in [1.54, 1.807) is 12.0 Å². The highest BCUT2D eigenvalue weighted by Gasteiger charge is 2.30. The highest BCUT2D eigenvalue weighted by Crippen LogP contribution is 2.34. The van der Waals surface area contributed by atoms with Crippen molar-refractivity contribution >= 4 is 23.5 Å². The number of carbonyl (C=O) groups excluding carboxylic acids is 2. The minimum atomic E-state index is -0.0411. The van der Waals surface area contributed by atoms with Crippen LogP contribution in [0.4, 0.5) is 5.69 Å². The summed E-state index contributed by atoms with van der Waals surface area (Å²) in [4.78, 5) is 32.2. The van der Waals surface area contributed by atoms with Crippen LogP contribution in [-0.2, 0) is 22.7 Å². The lowest BCUT2D eigenvalue weighted by Crippen LogP contribution is -2.32. The second kappa shape index (κ2) is 9.72. The molecule has 2 heterocycles. The molecule has 168 valence electrons. The van der Waals surface area contributed by atoms with Gasteiger partial charge in [-0.1, -0.05) is 18.2 Å². The SMILES string of the molecule is COc1ccc(CN(C)C(=O)CCCCOc2cccc3c2CN2CC(=O)NC2=N3)cc1. The van der Waals surface area contributed by atoms with E-state index >= 15 is 0 Å². The summed E-state index contributed by atoms with van der Waals surface area (Å²) >= 11 is 0. The van der Waals surface area contributed by atoms with Crippen LogP contribution in [0.25, 0.3) is 0 Å². The summed E-state index contributed by atoms with van der Waals surface area (Å²) in [6.45, 7) is 2.02. The van der Waals surface area contributed by atoms with Gasteiger partial charge in [0, 0.05) is 25.6 Å². The normalized spacial score (nSPS) is 14.2. The Morgan fingerprint density at radius 2 is 1.97 bits per heavy atom. The van der Waals surface area contributed by atoms with Crippen molar-refractivity contribution in [3.8, 4) is 11.5 Å². The Morgan fingerprint density at radius 3 is 2.75 bits per heavy atom. The summed E-state index contributed by atoms with van der Waals surface area (Å²) in [5, 5.41) is 2.77. The third kappa shape index (κ3) is 5.01. The number of methoxy groups -OCH3 is 1. The second-order valence-electron chi connectivity index (χ2n) is 8.00. The number of hydrogen-bond donors (Lipinski definition) is 1. The molecule has 2 aliphatic rings. The van der Waals surface area contributed by atoms with E-state index in [2.05, 4.69) is 10.3 Å². The van der Waals surface area contributed by atoms with E-state index in [0.717, 1.165) is 41.2 Å². The summed E-state index contributed by atoms with van der Waals surface area (Å²) in [6.07, 6.45) is 2.02. The third-order valence-corrected chi connectivity index (χ3v) is 5.62. The number of rotatable bonds is 9. The van der Waals surface area contributed by atoms with E-state index in [0.29, 0.717) is 38.6 Å². The summed E-state index contributed by atoms with van der Waals surface area (Å²) in [5.41, 5.74) is 2.88. The number of guanidine groups is 1. The fraction of sp³-hybridized carbons (Fsp3) is 0.375. The van der Waals surface area contributed by atoms with E-state index in [9.17, 15) is 9.59 Å². The maximum Gasteiger partial charge on any atom is 0.246 e. The van der Waals surface area contributed by atoms with Gasteiger partial charge in [-0.05, 0) is 42.7 Å². The van der Waals surface area contributed by atoms with Gasteiger partial charge in [0.2, 0.25) is 17.8 Å². The van der Waals surface area contributed by atoms with Crippen LogP contribution in [0.2, 0.25) is 0 Å². The molecule has 0 spiro atoms. The minimum Gasteiger partial charge on any atom is -0.497 e. The first-order valence-electron chi connectivity index (χ1n) is 10.8. The summed E-state index contributed by atoms with van der Waals surface area (Å²) < 4.78 is 11.2. The van der Waals surface area contributed by atoms with Crippen molar-refractivity contribution in [2.24, 2.45) is 4.99 Å². The van der Waals surface area contributed by atoms with Gasteiger partial charge in [0.1, 0.15) is 18.0 Å². The van der Waals surface area contributed by atoms with Crippen LogP contribution in [0.5, 0.6) is 11.5 Å². The predicted molar refractivity (Wildman–Crippen MR) is 121 cm³/mol. The Labute approximate surface area is 187 Å². The fourth-order valence-electron chi connectivity index (χ4n) is 3.82. The maximum absolute atomic E-state index is 12.4. The molecule has 0 atom stereocenters. The van der Waals surface area contributed by atoms with E-state index < -0.39 is 0 Å². The van der Waals surface area contributed by atoms with Crippen molar-refractivity contribution in [3.63, 3.8) is 0 Å². The Morgan fingerprint density at radius 1 is 1.16 bits per heavy atom. The number of nitrogens with zero attached hydrogens (tertiary/aromatic N) is 3. The van der Waals surface area contributed by atoms with Crippen molar-refractivity contribution < 1.29 is 19.1 Å². The average Bonchev–Trinajstić information content (AvgIpc) is 3.16. The lowest BCUT2D eigenvalue weighted by Gasteiger charge is -2.24. The zero-order valence-corrected chi connectivity index (χ0v) is 18.5. The lowest BCUT2D eigenvalue weighted by molar-refractivity contribution is -0.130. The van der Waals surface area contributed by atoms with Crippen LogP contribution in [-0.4, -0.2) is 54.9 Å². The number of benzene rings is 2. The number of ether oxygens (including phenoxy) is 2. The maximum atomic E-state index is 12.4. The topological polar surface area (TPSA) is 83.5 Å². The molecule has 2 aromatic rings. The smallest absolute Gasteiger partial charge is 0.246 e. The monoisotopic (exact) mass is 436 g/mol. The van der Waals surface area contributed by atoms with Crippen molar-refractivity contribution in [1.82, 2.24) is 15.1 Å². The summed E-state index contributed by atoms with van der Waals surface area (Å²) in [7, 11) is 3.46. The molecule has 32 heavy (non-hydrogen) atoms. The fourth-order valence-corrected chi connectivity index (χ4v) is 3.82. The van der Waals surface area contributed by atoms with Crippen molar-refractivity contribution in [1.29, 1.82) is 0 Å². The number of unbranched alkanes of at least 4 members (excludes halogenated alkanes) is 1. The van der Waals surface area contributed by atoms with Gasteiger partial charge in [0.25, 0.3) is 0 Å². The number of aliphatic imine (C=N–C) groups is 1. The standard InChI is InChI=1S/C24H28N4O4/c1-27(14-17-9-11-18(31-2)12-10-17)23(30)8-3-4-13-32-21-7-5-6-20-19(21)15-28-16-22(29)26-24(28)25-20/h5-7,9-12H,3-4,8,13-16H2,1-2H3,(H,25,26,29). The zero-order valence-electron chi connectivity index (χ0n) is 18.5. The van der Waals surface area contributed by atoms with Crippen LogP contribution in [0.15, 0.2) is 47.5 Å².